The Hall–Kier alpha value is -2.41. The summed E-state index contributed by atoms with van der Waals surface area (Å²) in [6.07, 6.45) is 42.5. The van der Waals surface area contributed by atoms with Crippen LogP contribution in [0.5, 0.6) is 0 Å². The number of amides is 1. The molecular formula is C42H76N2O5. The molecule has 0 saturated heterocycles. The molecule has 7 heteroatoms. The minimum atomic E-state index is -1.02. The van der Waals surface area contributed by atoms with E-state index in [2.05, 4.69) is 49.5 Å². The average molecular weight is 689 g/mol. The molecule has 0 heterocycles. The highest BCUT2D eigenvalue weighted by Gasteiger charge is 2.19. The van der Waals surface area contributed by atoms with Crippen LogP contribution in [0.3, 0.4) is 0 Å². The molecule has 4 N–H and O–H groups in total. The average Bonchev–Trinajstić information content (AvgIpc) is 3.08. The number of carbonyl (C=O) groups excluding carboxylic acids is 2. The van der Waals surface area contributed by atoms with Gasteiger partial charge in [0.05, 0.1) is 0 Å². The second-order valence-corrected chi connectivity index (χ2v) is 13.7. The topological polar surface area (TPSA) is 119 Å². The summed E-state index contributed by atoms with van der Waals surface area (Å²) in [6.45, 7) is 4.80. The minimum absolute atomic E-state index is 0.103. The van der Waals surface area contributed by atoms with Crippen molar-refractivity contribution in [2.75, 3.05) is 6.54 Å². The molecule has 0 fully saturated rings. The van der Waals surface area contributed by atoms with Gasteiger partial charge in [-0.25, -0.2) is 4.79 Å². The van der Waals surface area contributed by atoms with Gasteiger partial charge in [-0.15, -0.1) is 0 Å². The van der Waals surface area contributed by atoms with Gasteiger partial charge in [0, 0.05) is 12.8 Å². The number of nitrogens with one attached hydrogen (secondary N) is 1. The first-order valence-electron chi connectivity index (χ1n) is 20.3. The van der Waals surface area contributed by atoms with E-state index >= 15 is 0 Å². The predicted molar refractivity (Wildman–Crippen MR) is 207 cm³/mol. The van der Waals surface area contributed by atoms with Crippen LogP contribution >= 0.6 is 0 Å². The highest BCUT2D eigenvalue weighted by molar-refractivity contribution is 5.83. The quantitative estimate of drug-likeness (QED) is 0.0342. The third-order valence-electron chi connectivity index (χ3n) is 8.89. The van der Waals surface area contributed by atoms with Crippen molar-refractivity contribution in [3.8, 4) is 0 Å². The van der Waals surface area contributed by atoms with Crippen molar-refractivity contribution in [1.29, 1.82) is 0 Å². The van der Waals surface area contributed by atoms with E-state index in [-0.39, 0.29) is 18.0 Å². The Balaban J connectivity index is 3.89. The SMILES string of the molecule is CCC/C=C\C(CCCCCCC(=O)NC(CCCN)C(=O)O)OC(=O)CCCCCCCCCCC/C=C\C/C=C\CCCCCCC. The van der Waals surface area contributed by atoms with E-state index in [0.29, 0.717) is 38.6 Å². The second kappa shape index (κ2) is 36.9. The van der Waals surface area contributed by atoms with E-state index in [1.165, 1.54) is 89.9 Å². The second-order valence-electron chi connectivity index (χ2n) is 13.7. The standard InChI is InChI=1S/C42H76N2O5/c1-3-5-7-8-9-10-11-12-13-14-15-16-17-18-19-20-21-22-23-24-30-36-41(46)49-38(32-27-6-4-2)33-28-25-26-29-35-40(45)44-39(42(47)48)34-31-37-43/h11-12,14-15,27,32,38-39H,3-10,13,16-26,28-31,33-37,43H2,1-2H3,(H,44,45)(H,47,48)/b12-11-,15-14-,32-27-. The fourth-order valence-corrected chi connectivity index (χ4v) is 5.81. The lowest BCUT2D eigenvalue weighted by molar-refractivity contribution is -0.147. The molecule has 0 aromatic rings. The Morgan fingerprint density at radius 1 is 0.612 bits per heavy atom. The first-order valence-corrected chi connectivity index (χ1v) is 20.3. The Morgan fingerprint density at radius 2 is 1.16 bits per heavy atom. The highest BCUT2D eigenvalue weighted by Crippen LogP contribution is 2.15. The van der Waals surface area contributed by atoms with E-state index in [9.17, 15) is 19.5 Å². The summed E-state index contributed by atoms with van der Waals surface area (Å²) in [7, 11) is 0. The monoisotopic (exact) mass is 689 g/mol. The number of allylic oxidation sites excluding steroid dienone is 5. The molecule has 0 aromatic heterocycles. The van der Waals surface area contributed by atoms with Crippen molar-refractivity contribution in [2.24, 2.45) is 5.73 Å². The van der Waals surface area contributed by atoms with Gasteiger partial charge in [-0.1, -0.05) is 134 Å². The molecular weight excluding hydrogens is 612 g/mol. The van der Waals surface area contributed by atoms with Crippen molar-refractivity contribution in [3.63, 3.8) is 0 Å². The molecule has 1 amide bonds. The maximum absolute atomic E-state index is 12.5. The maximum atomic E-state index is 12.5. The lowest BCUT2D eigenvalue weighted by Gasteiger charge is -2.15. The number of carbonyl (C=O) groups is 3. The molecule has 0 bridgehead atoms. The molecule has 2 unspecified atom stereocenters. The first-order chi connectivity index (χ1) is 23.9. The van der Waals surface area contributed by atoms with Crippen LogP contribution in [0.4, 0.5) is 0 Å². The zero-order valence-corrected chi connectivity index (χ0v) is 31.8. The van der Waals surface area contributed by atoms with E-state index < -0.39 is 12.0 Å². The van der Waals surface area contributed by atoms with Crippen LogP contribution in [0.2, 0.25) is 0 Å². The van der Waals surface area contributed by atoms with Crippen molar-refractivity contribution >= 4 is 17.8 Å². The number of carboxylic acid groups (broad SMARTS) is 1. The lowest BCUT2D eigenvalue weighted by atomic mass is 10.1. The summed E-state index contributed by atoms with van der Waals surface area (Å²) in [4.78, 5) is 36.0. The van der Waals surface area contributed by atoms with Crippen molar-refractivity contribution < 1.29 is 24.2 Å². The number of rotatable bonds is 36. The molecule has 0 aliphatic carbocycles. The van der Waals surface area contributed by atoms with Gasteiger partial charge in [0.25, 0.3) is 0 Å². The molecule has 0 aromatic carbocycles. The Kier molecular flexibility index (Phi) is 35.0. The number of hydrogen-bond acceptors (Lipinski definition) is 5. The summed E-state index contributed by atoms with van der Waals surface area (Å²) in [6, 6.07) is -0.869. The highest BCUT2D eigenvalue weighted by atomic mass is 16.5. The van der Waals surface area contributed by atoms with Gasteiger partial charge in [-0.05, 0) is 89.7 Å². The van der Waals surface area contributed by atoms with Crippen LogP contribution in [0.15, 0.2) is 36.5 Å². The minimum Gasteiger partial charge on any atom is -0.480 e. The lowest BCUT2D eigenvalue weighted by Crippen LogP contribution is -2.40. The number of hydrogen-bond donors (Lipinski definition) is 3. The summed E-state index contributed by atoms with van der Waals surface area (Å²) < 4.78 is 5.82. The molecule has 49 heavy (non-hydrogen) atoms. The number of aliphatic carboxylic acids is 1. The van der Waals surface area contributed by atoms with E-state index in [1.807, 2.05) is 6.08 Å². The number of nitrogens with two attached hydrogens (primary N) is 1. The summed E-state index contributed by atoms with van der Waals surface area (Å²) in [5.74, 6) is -1.35. The van der Waals surface area contributed by atoms with E-state index in [0.717, 1.165) is 57.8 Å². The van der Waals surface area contributed by atoms with Crippen molar-refractivity contribution in [2.45, 2.75) is 206 Å². The molecule has 0 rings (SSSR count). The van der Waals surface area contributed by atoms with Crippen molar-refractivity contribution in [3.05, 3.63) is 36.5 Å². The van der Waals surface area contributed by atoms with Gasteiger partial charge in [-0.2, -0.15) is 0 Å². The summed E-state index contributed by atoms with van der Waals surface area (Å²) >= 11 is 0. The van der Waals surface area contributed by atoms with Gasteiger partial charge < -0.3 is 20.9 Å². The molecule has 7 nitrogen and oxygen atoms in total. The van der Waals surface area contributed by atoms with Gasteiger partial charge in [0.1, 0.15) is 12.1 Å². The van der Waals surface area contributed by atoms with E-state index in [1.54, 1.807) is 0 Å². The van der Waals surface area contributed by atoms with Gasteiger partial charge in [0.15, 0.2) is 0 Å². The first kappa shape index (κ1) is 46.6. The molecule has 0 radical (unpaired) electrons. The number of esters is 1. The number of unbranched alkanes of at least 4 members (excludes halogenated alkanes) is 18. The van der Waals surface area contributed by atoms with Gasteiger partial charge in [0.2, 0.25) is 5.91 Å². The van der Waals surface area contributed by atoms with Gasteiger partial charge >= 0.3 is 11.9 Å². The Morgan fingerprint density at radius 3 is 1.73 bits per heavy atom. The van der Waals surface area contributed by atoms with Crippen molar-refractivity contribution in [1.82, 2.24) is 5.32 Å². The van der Waals surface area contributed by atoms with Crippen LogP contribution in [-0.2, 0) is 19.1 Å². The molecule has 0 saturated carbocycles. The Labute approximate surface area is 301 Å². The van der Waals surface area contributed by atoms with Crippen LogP contribution in [0.1, 0.15) is 194 Å². The molecule has 0 aliphatic rings. The summed E-state index contributed by atoms with van der Waals surface area (Å²) in [5, 5.41) is 11.9. The summed E-state index contributed by atoms with van der Waals surface area (Å²) in [5.41, 5.74) is 5.46. The van der Waals surface area contributed by atoms with Crippen LogP contribution in [0, 0.1) is 0 Å². The smallest absolute Gasteiger partial charge is 0.326 e. The third kappa shape index (κ3) is 33.8. The number of carboxylic acids is 1. The maximum Gasteiger partial charge on any atom is 0.326 e. The van der Waals surface area contributed by atoms with Crippen LogP contribution in [0.25, 0.3) is 0 Å². The largest absolute Gasteiger partial charge is 0.480 e. The normalized spacial score (nSPS) is 13.0. The Bertz CT molecular complexity index is 869. The molecule has 0 aliphatic heterocycles. The fourth-order valence-electron chi connectivity index (χ4n) is 5.81. The molecule has 0 spiro atoms. The number of ether oxygens (including phenoxy) is 1. The zero-order chi connectivity index (χ0) is 36.0. The van der Waals surface area contributed by atoms with Crippen LogP contribution in [-0.4, -0.2) is 41.6 Å². The third-order valence-corrected chi connectivity index (χ3v) is 8.89. The molecule has 284 valence electrons. The zero-order valence-electron chi connectivity index (χ0n) is 31.8. The van der Waals surface area contributed by atoms with Gasteiger partial charge in [-0.3, -0.25) is 9.59 Å². The fraction of sp³-hybridized carbons (Fsp3) is 0.786. The van der Waals surface area contributed by atoms with Crippen LogP contribution < -0.4 is 11.1 Å². The predicted octanol–water partition coefficient (Wildman–Crippen LogP) is 11.1. The molecule has 2 atom stereocenters. The van der Waals surface area contributed by atoms with E-state index in [4.69, 9.17) is 10.5 Å².